The second-order valence-corrected chi connectivity index (χ2v) is 4.29. The molecule has 0 amide bonds. The van der Waals surface area contributed by atoms with Crippen LogP contribution in [0.5, 0.6) is 0 Å². The number of hydrogen-bond donors (Lipinski definition) is 3. The maximum absolute atomic E-state index is 11.0. The smallest absolute Gasteiger partial charge is 0.327 e. The molecule has 16 heavy (non-hydrogen) atoms. The molecular formula is C10H11N3O2S. The van der Waals surface area contributed by atoms with Crippen molar-refractivity contribution in [1.82, 2.24) is 9.97 Å². The van der Waals surface area contributed by atoms with Gasteiger partial charge in [-0.1, -0.05) is 6.07 Å². The van der Waals surface area contributed by atoms with E-state index < -0.39 is 11.2 Å². The largest absolute Gasteiger partial charge is 0.371 e. The highest BCUT2D eigenvalue weighted by molar-refractivity contribution is 7.09. The Morgan fingerprint density at radius 3 is 2.88 bits per heavy atom. The summed E-state index contributed by atoms with van der Waals surface area (Å²) < 4.78 is 0. The van der Waals surface area contributed by atoms with E-state index in [9.17, 15) is 9.59 Å². The van der Waals surface area contributed by atoms with Gasteiger partial charge >= 0.3 is 5.69 Å². The van der Waals surface area contributed by atoms with Gasteiger partial charge in [0, 0.05) is 17.5 Å². The van der Waals surface area contributed by atoms with E-state index in [2.05, 4.69) is 15.3 Å². The van der Waals surface area contributed by atoms with Crippen molar-refractivity contribution in [3.63, 3.8) is 0 Å². The van der Waals surface area contributed by atoms with Crippen molar-refractivity contribution in [2.45, 2.75) is 6.42 Å². The highest BCUT2D eigenvalue weighted by Gasteiger charge is 1.97. The van der Waals surface area contributed by atoms with E-state index in [1.54, 1.807) is 11.3 Å². The van der Waals surface area contributed by atoms with Gasteiger partial charge in [0.2, 0.25) is 0 Å². The van der Waals surface area contributed by atoms with Gasteiger partial charge in [0.1, 0.15) is 5.82 Å². The minimum Gasteiger partial charge on any atom is -0.371 e. The third-order valence-corrected chi connectivity index (χ3v) is 2.96. The normalized spacial score (nSPS) is 10.2. The van der Waals surface area contributed by atoms with E-state index in [-0.39, 0.29) is 0 Å². The molecule has 0 fully saturated rings. The molecule has 0 aliphatic rings. The second kappa shape index (κ2) is 4.80. The average Bonchev–Trinajstić information content (AvgIpc) is 2.69. The van der Waals surface area contributed by atoms with E-state index >= 15 is 0 Å². The number of aromatic amines is 2. The first-order chi connectivity index (χ1) is 7.74. The molecule has 2 heterocycles. The molecule has 0 radical (unpaired) electrons. The molecule has 0 aliphatic carbocycles. The first-order valence-electron chi connectivity index (χ1n) is 4.84. The molecule has 2 aromatic rings. The van der Waals surface area contributed by atoms with E-state index in [1.165, 1.54) is 10.9 Å². The Morgan fingerprint density at radius 1 is 1.31 bits per heavy atom. The number of H-pyrrole nitrogens is 2. The first-order valence-corrected chi connectivity index (χ1v) is 5.72. The number of thiophene rings is 1. The lowest BCUT2D eigenvalue weighted by molar-refractivity contribution is 0.985. The Balaban J connectivity index is 1.95. The summed E-state index contributed by atoms with van der Waals surface area (Å²) in [7, 11) is 0. The van der Waals surface area contributed by atoms with Crippen molar-refractivity contribution in [2.24, 2.45) is 0 Å². The van der Waals surface area contributed by atoms with Crippen LogP contribution in [0.2, 0.25) is 0 Å². The molecule has 0 saturated heterocycles. The standard InChI is InChI=1S/C10H11N3O2S/c14-9-6-8(12-10(15)13-9)11-4-3-7-2-1-5-16-7/h1-2,5-6H,3-4H2,(H3,11,12,13,14,15). The van der Waals surface area contributed by atoms with Crippen LogP contribution in [-0.2, 0) is 6.42 Å². The van der Waals surface area contributed by atoms with Crippen molar-refractivity contribution in [3.05, 3.63) is 49.3 Å². The van der Waals surface area contributed by atoms with Gasteiger partial charge in [0.05, 0.1) is 0 Å². The lowest BCUT2D eigenvalue weighted by atomic mass is 10.3. The summed E-state index contributed by atoms with van der Waals surface area (Å²) in [5, 5.41) is 5.01. The minimum atomic E-state index is -0.494. The molecule has 6 heteroatoms. The molecule has 0 aromatic carbocycles. The molecular weight excluding hydrogens is 226 g/mol. The van der Waals surface area contributed by atoms with Crippen LogP contribution < -0.4 is 16.6 Å². The highest BCUT2D eigenvalue weighted by atomic mass is 32.1. The molecule has 0 bridgehead atoms. The molecule has 0 aliphatic heterocycles. The van der Waals surface area contributed by atoms with Gasteiger partial charge in [-0.05, 0) is 17.9 Å². The van der Waals surface area contributed by atoms with Gasteiger partial charge in [0.15, 0.2) is 0 Å². The van der Waals surface area contributed by atoms with Gasteiger partial charge in [-0.25, -0.2) is 4.79 Å². The quantitative estimate of drug-likeness (QED) is 0.735. The number of hydrogen-bond acceptors (Lipinski definition) is 4. The van der Waals surface area contributed by atoms with Crippen molar-refractivity contribution in [2.75, 3.05) is 11.9 Å². The lowest BCUT2D eigenvalue weighted by Crippen LogP contribution is -2.23. The summed E-state index contributed by atoms with van der Waals surface area (Å²) in [6.07, 6.45) is 0.868. The van der Waals surface area contributed by atoms with Crippen LogP contribution in [0.3, 0.4) is 0 Å². The highest BCUT2D eigenvalue weighted by Crippen LogP contribution is 2.08. The van der Waals surface area contributed by atoms with Crippen LogP contribution in [-0.4, -0.2) is 16.5 Å². The number of nitrogens with one attached hydrogen (secondary N) is 3. The zero-order valence-electron chi connectivity index (χ0n) is 8.45. The maximum Gasteiger partial charge on any atom is 0.327 e. The van der Waals surface area contributed by atoms with E-state index in [1.807, 2.05) is 17.5 Å². The van der Waals surface area contributed by atoms with Crippen molar-refractivity contribution < 1.29 is 0 Å². The monoisotopic (exact) mass is 237 g/mol. The van der Waals surface area contributed by atoms with Crippen molar-refractivity contribution in [1.29, 1.82) is 0 Å². The van der Waals surface area contributed by atoms with Crippen LogP contribution in [0.25, 0.3) is 0 Å². The molecule has 3 N–H and O–H groups in total. The van der Waals surface area contributed by atoms with Gasteiger partial charge in [0.25, 0.3) is 5.56 Å². The van der Waals surface area contributed by atoms with Gasteiger partial charge in [-0.2, -0.15) is 0 Å². The van der Waals surface area contributed by atoms with Gasteiger partial charge in [-0.15, -0.1) is 11.3 Å². The predicted molar refractivity (Wildman–Crippen MR) is 64.2 cm³/mol. The van der Waals surface area contributed by atoms with E-state index in [0.717, 1.165) is 6.42 Å². The second-order valence-electron chi connectivity index (χ2n) is 3.26. The van der Waals surface area contributed by atoms with Crippen molar-refractivity contribution in [3.8, 4) is 0 Å². The SMILES string of the molecule is O=c1cc(NCCc2cccs2)[nH]c(=O)[nH]1. The Bertz CT molecular complexity index is 528. The Hall–Kier alpha value is -1.82. The van der Waals surface area contributed by atoms with E-state index in [0.29, 0.717) is 12.4 Å². The van der Waals surface area contributed by atoms with Gasteiger partial charge in [-0.3, -0.25) is 14.8 Å². The van der Waals surface area contributed by atoms with Crippen molar-refractivity contribution >= 4 is 17.2 Å². The molecule has 0 spiro atoms. The number of rotatable bonds is 4. The molecule has 2 rings (SSSR count). The number of aromatic nitrogens is 2. The third kappa shape index (κ3) is 2.83. The Kier molecular flexibility index (Phi) is 3.21. The fraction of sp³-hybridized carbons (Fsp3) is 0.200. The Labute approximate surface area is 95.2 Å². The molecule has 0 saturated carbocycles. The maximum atomic E-state index is 11.0. The number of anilines is 1. The molecule has 0 atom stereocenters. The summed E-state index contributed by atoms with van der Waals surface area (Å²) >= 11 is 1.68. The summed E-state index contributed by atoms with van der Waals surface area (Å²) in [5.41, 5.74) is -0.895. The van der Waals surface area contributed by atoms with Gasteiger partial charge < -0.3 is 5.32 Å². The first kappa shape index (κ1) is 10.7. The summed E-state index contributed by atoms with van der Waals surface area (Å²) in [6.45, 7) is 0.680. The van der Waals surface area contributed by atoms with Crippen LogP contribution in [0, 0.1) is 0 Å². The predicted octanol–water partition coefficient (Wildman–Crippen LogP) is 0.779. The van der Waals surface area contributed by atoms with E-state index in [4.69, 9.17) is 0 Å². The Morgan fingerprint density at radius 2 is 2.19 bits per heavy atom. The third-order valence-electron chi connectivity index (χ3n) is 2.03. The topological polar surface area (TPSA) is 77.8 Å². The summed E-state index contributed by atoms with van der Waals surface area (Å²) in [6, 6.07) is 5.37. The van der Waals surface area contributed by atoms with Crippen LogP contribution in [0.15, 0.2) is 33.2 Å². The molecule has 0 unspecified atom stereocenters. The molecule has 5 nitrogen and oxygen atoms in total. The minimum absolute atomic E-state index is 0.401. The van der Waals surface area contributed by atoms with Crippen LogP contribution in [0.4, 0.5) is 5.82 Å². The molecule has 84 valence electrons. The average molecular weight is 237 g/mol. The summed E-state index contributed by atoms with van der Waals surface area (Å²) in [4.78, 5) is 27.8. The van der Waals surface area contributed by atoms with Crippen LogP contribution in [0.1, 0.15) is 4.88 Å². The fourth-order valence-electron chi connectivity index (χ4n) is 1.34. The zero-order valence-corrected chi connectivity index (χ0v) is 9.26. The zero-order chi connectivity index (χ0) is 11.4. The van der Waals surface area contributed by atoms with Crippen LogP contribution >= 0.6 is 11.3 Å². The summed E-state index contributed by atoms with van der Waals surface area (Å²) in [5.74, 6) is 0.449. The fourth-order valence-corrected chi connectivity index (χ4v) is 2.05. The molecule has 2 aromatic heterocycles. The lowest BCUT2D eigenvalue weighted by Gasteiger charge is -2.03.